The second-order valence-corrected chi connectivity index (χ2v) is 7.26. The van der Waals surface area contributed by atoms with Gasteiger partial charge in [0.1, 0.15) is 6.04 Å². The van der Waals surface area contributed by atoms with Crippen LogP contribution in [0.25, 0.3) is 10.9 Å². The Labute approximate surface area is 163 Å². The van der Waals surface area contributed by atoms with Crippen LogP contribution in [0.4, 0.5) is 0 Å². The highest BCUT2D eigenvalue weighted by Crippen LogP contribution is 2.27. The van der Waals surface area contributed by atoms with Crippen molar-refractivity contribution in [3.05, 3.63) is 76.5 Å². The van der Waals surface area contributed by atoms with Crippen molar-refractivity contribution in [2.45, 2.75) is 32.9 Å². The first-order valence-electron chi connectivity index (χ1n) is 9.31. The third kappa shape index (κ3) is 3.13. The number of aryl methyl sites for hydroxylation is 2. The van der Waals surface area contributed by atoms with Gasteiger partial charge in [-0.25, -0.2) is 4.79 Å². The van der Waals surface area contributed by atoms with E-state index in [-0.39, 0.29) is 5.91 Å². The minimum absolute atomic E-state index is 0.197. The van der Waals surface area contributed by atoms with Gasteiger partial charge in [-0.15, -0.1) is 0 Å². The van der Waals surface area contributed by atoms with Gasteiger partial charge < -0.3 is 9.64 Å². The van der Waals surface area contributed by atoms with Crippen LogP contribution >= 0.6 is 0 Å². The summed E-state index contributed by atoms with van der Waals surface area (Å²) in [5.41, 5.74) is 5.29. The Morgan fingerprint density at radius 1 is 1.07 bits per heavy atom. The van der Waals surface area contributed by atoms with Gasteiger partial charge in [-0.2, -0.15) is 0 Å². The Hall–Kier alpha value is -3.21. The summed E-state index contributed by atoms with van der Waals surface area (Å²) < 4.78 is 4.99. The average molecular weight is 374 g/mol. The Kier molecular flexibility index (Phi) is 4.59. The molecule has 1 amide bonds. The number of fused-ring (bicyclic) bond motifs is 2. The Morgan fingerprint density at radius 2 is 1.82 bits per heavy atom. The monoisotopic (exact) mass is 374 g/mol. The topological polar surface area (TPSA) is 59.5 Å². The molecule has 1 unspecified atom stereocenters. The van der Waals surface area contributed by atoms with Crippen molar-refractivity contribution in [1.29, 1.82) is 0 Å². The molecule has 0 fully saturated rings. The summed E-state index contributed by atoms with van der Waals surface area (Å²) in [6, 6.07) is 15.1. The molecule has 1 aliphatic rings. The van der Waals surface area contributed by atoms with Crippen LogP contribution in [-0.4, -0.2) is 34.9 Å². The molecule has 0 radical (unpaired) electrons. The predicted molar refractivity (Wildman–Crippen MR) is 107 cm³/mol. The molecule has 1 aliphatic heterocycles. The number of esters is 1. The van der Waals surface area contributed by atoms with Crippen molar-refractivity contribution >= 4 is 22.8 Å². The van der Waals surface area contributed by atoms with Crippen molar-refractivity contribution in [1.82, 2.24) is 9.88 Å². The van der Waals surface area contributed by atoms with Gasteiger partial charge in [0.2, 0.25) is 0 Å². The van der Waals surface area contributed by atoms with E-state index >= 15 is 0 Å². The number of ether oxygens (including phenoxy) is 1. The first kappa shape index (κ1) is 18.2. The molecule has 28 heavy (non-hydrogen) atoms. The molecule has 1 atom stereocenters. The molecule has 0 N–H and O–H groups in total. The van der Waals surface area contributed by atoms with E-state index in [9.17, 15) is 9.59 Å². The van der Waals surface area contributed by atoms with Crippen LogP contribution in [0.3, 0.4) is 0 Å². The SMILES string of the molecule is COC(=O)C1Cc2ccccc2CN1C(=O)c1cc2ccc(C)cc2nc1C. The molecule has 3 aromatic rings. The summed E-state index contributed by atoms with van der Waals surface area (Å²) in [6.45, 7) is 4.22. The number of rotatable bonds is 2. The molecular formula is C23H22N2O3. The Morgan fingerprint density at radius 3 is 2.57 bits per heavy atom. The van der Waals surface area contributed by atoms with Crippen LogP contribution in [0.1, 0.15) is 32.7 Å². The largest absolute Gasteiger partial charge is 0.467 e. The van der Waals surface area contributed by atoms with Gasteiger partial charge in [-0.1, -0.05) is 36.4 Å². The fourth-order valence-corrected chi connectivity index (χ4v) is 3.83. The molecule has 0 aliphatic carbocycles. The first-order chi connectivity index (χ1) is 13.5. The summed E-state index contributed by atoms with van der Waals surface area (Å²) >= 11 is 0. The van der Waals surface area contributed by atoms with Crippen molar-refractivity contribution < 1.29 is 14.3 Å². The molecule has 0 saturated heterocycles. The lowest BCUT2D eigenvalue weighted by Gasteiger charge is -2.35. The smallest absolute Gasteiger partial charge is 0.328 e. The number of benzene rings is 2. The molecule has 5 nitrogen and oxygen atoms in total. The molecule has 0 spiro atoms. The lowest BCUT2D eigenvalue weighted by Crippen LogP contribution is -2.49. The molecule has 4 rings (SSSR count). The van der Waals surface area contributed by atoms with Crippen LogP contribution in [0.15, 0.2) is 48.5 Å². The maximum absolute atomic E-state index is 13.4. The first-order valence-corrected chi connectivity index (χ1v) is 9.31. The lowest BCUT2D eigenvalue weighted by atomic mass is 9.93. The second kappa shape index (κ2) is 7.08. The standard InChI is InChI=1S/C23H22N2O3/c1-14-8-9-17-11-19(15(2)24-20(17)10-14)22(26)25-13-18-7-5-4-6-16(18)12-21(25)23(27)28-3/h4-11,21H,12-13H2,1-3H3. The maximum atomic E-state index is 13.4. The summed E-state index contributed by atoms with van der Waals surface area (Å²) in [5, 5.41) is 0.909. The van der Waals surface area contributed by atoms with E-state index in [1.54, 1.807) is 4.90 Å². The van der Waals surface area contributed by atoms with Gasteiger partial charge >= 0.3 is 5.97 Å². The van der Waals surface area contributed by atoms with Crippen LogP contribution in [0.2, 0.25) is 0 Å². The number of amides is 1. The number of hydrogen-bond acceptors (Lipinski definition) is 4. The number of nitrogens with zero attached hydrogens (tertiary/aromatic N) is 2. The lowest BCUT2D eigenvalue weighted by molar-refractivity contribution is -0.146. The number of carbonyl (C=O) groups excluding carboxylic acids is 2. The molecule has 1 aromatic heterocycles. The average Bonchev–Trinajstić information content (AvgIpc) is 2.71. The van der Waals surface area contributed by atoms with Crippen molar-refractivity contribution in [2.75, 3.05) is 7.11 Å². The second-order valence-electron chi connectivity index (χ2n) is 7.26. The highest BCUT2D eigenvalue weighted by Gasteiger charge is 2.36. The zero-order valence-electron chi connectivity index (χ0n) is 16.2. The minimum Gasteiger partial charge on any atom is -0.467 e. The normalized spacial score (nSPS) is 16.0. The molecular weight excluding hydrogens is 352 g/mol. The van der Waals surface area contributed by atoms with Gasteiger partial charge in [-0.05, 0) is 42.7 Å². The van der Waals surface area contributed by atoms with Crippen LogP contribution in [0, 0.1) is 13.8 Å². The molecule has 0 saturated carbocycles. The molecule has 142 valence electrons. The highest BCUT2D eigenvalue weighted by atomic mass is 16.5. The predicted octanol–water partition coefficient (Wildman–Crippen LogP) is 3.59. The zero-order chi connectivity index (χ0) is 19.8. The van der Waals surface area contributed by atoms with Gasteiger partial charge in [0.15, 0.2) is 0 Å². The molecule has 2 aromatic carbocycles. The molecule has 0 bridgehead atoms. The number of methoxy groups -OCH3 is 1. The van der Waals surface area contributed by atoms with E-state index in [0.29, 0.717) is 24.2 Å². The number of carbonyl (C=O) groups is 2. The van der Waals surface area contributed by atoms with Crippen molar-refractivity contribution in [3.63, 3.8) is 0 Å². The van der Waals surface area contributed by atoms with E-state index in [4.69, 9.17) is 4.74 Å². The van der Waals surface area contributed by atoms with Gasteiger partial charge in [0.25, 0.3) is 5.91 Å². The van der Waals surface area contributed by atoms with Gasteiger partial charge in [-0.3, -0.25) is 9.78 Å². The van der Waals surface area contributed by atoms with E-state index in [2.05, 4.69) is 4.98 Å². The van der Waals surface area contributed by atoms with Gasteiger partial charge in [0.05, 0.1) is 23.9 Å². The summed E-state index contributed by atoms with van der Waals surface area (Å²) in [7, 11) is 1.36. The quantitative estimate of drug-likeness (QED) is 0.643. The number of hydrogen-bond donors (Lipinski definition) is 0. The number of pyridine rings is 1. The van der Waals surface area contributed by atoms with Crippen LogP contribution in [-0.2, 0) is 22.5 Å². The molecule has 5 heteroatoms. The van der Waals surface area contributed by atoms with Crippen molar-refractivity contribution in [3.8, 4) is 0 Å². The maximum Gasteiger partial charge on any atom is 0.328 e. The van der Waals surface area contributed by atoms with Crippen LogP contribution in [0.5, 0.6) is 0 Å². The van der Waals surface area contributed by atoms with Gasteiger partial charge in [0, 0.05) is 18.4 Å². The zero-order valence-corrected chi connectivity index (χ0v) is 16.2. The summed E-state index contributed by atoms with van der Waals surface area (Å²) in [5.74, 6) is -0.595. The highest BCUT2D eigenvalue weighted by molar-refractivity contribution is 6.00. The molecule has 2 heterocycles. The Balaban J connectivity index is 1.77. The number of aromatic nitrogens is 1. The third-order valence-electron chi connectivity index (χ3n) is 5.38. The Bertz CT molecular complexity index is 1090. The van der Waals surface area contributed by atoms with Crippen molar-refractivity contribution in [2.24, 2.45) is 0 Å². The van der Waals surface area contributed by atoms with E-state index in [1.807, 2.05) is 62.4 Å². The summed E-state index contributed by atoms with van der Waals surface area (Å²) in [6.07, 6.45) is 0.452. The van der Waals surface area contributed by atoms with Crippen LogP contribution < -0.4 is 0 Å². The third-order valence-corrected chi connectivity index (χ3v) is 5.38. The fourth-order valence-electron chi connectivity index (χ4n) is 3.83. The van der Waals surface area contributed by atoms with E-state index in [1.165, 1.54) is 7.11 Å². The summed E-state index contributed by atoms with van der Waals surface area (Å²) in [4.78, 5) is 32.1. The van der Waals surface area contributed by atoms with E-state index < -0.39 is 12.0 Å². The van der Waals surface area contributed by atoms with E-state index in [0.717, 1.165) is 27.6 Å². The fraction of sp³-hybridized carbons (Fsp3) is 0.261. The minimum atomic E-state index is -0.638.